The fourth-order valence-electron chi connectivity index (χ4n) is 0.825. The second-order valence-corrected chi connectivity index (χ2v) is 4.79. The largest absolute Gasteiger partial charge is 0.355 e. The molecule has 2 N–H and O–H groups in total. The Morgan fingerprint density at radius 3 is 2.36 bits per heavy atom. The number of rotatable bonds is 6. The molecule has 0 bridgehead atoms. The minimum Gasteiger partial charge on any atom is -0.355 e. The molecule has 0 fully saturated rings. The second-order valence-electron chi connectivity index (χ2n) is 4.79. The lowest BCUT2D eigenvalue weighted by Crippen LogP contribution is -2.45. The van der Waals surface area contributed by atoms with E-state index in [1.807, 2.05) is 0 Å². The topological polar surface area (TPSA) is 41.1 Å². The van der Waals surface area contributed by atoms with Crippen LogP contribution in [0.5, 0.6) is 0 Å². The highest BCUT2D eigenvalue weighted by Gasteiger charge is 2.14. The average molecular weight is 200 g/mol. The zero-order chi connectivity index (χ0) is 11.2. The van der Waals surface area contributed by atoms with E-state index in [0.29, 0.717) is 12.5 Å². The fraction of sp³-hybridized carbons (Fsp3) is 0.909. The first-order valence-electron chi connectivity index (χ1n) is 5.39. The van der Waals surface area contributed by atoms with Crippen molar-refractivity contribution in [2.24, 2.45) is 5.92 Å². The number of carbonyl (C=O) groups excluding carboxylic acids is 1. The molecule has 84 valence electrons. The van der Waals surface area contributed by atoms with Gasteiger partial charge in [-0.1, -0.05) is 20.8 Å². The maximum absolute atomic E-state index is 11.3. The average Bonchev–Trinajstić information content (AvgIpc) is 2.11. The molecule has 0 aliphatic heterocycles. The summed E-state index contributed by atoms with van der Waals surface area (Å²) >= 11 is 0. The minimum atomic E-state index is 0.0508. The SMILES string of the molecule is CCC(C)(C)NCC(=O)NCC(C)C. The summed E-state index contributed by atoms with van der Waals surface area (Å²) in [6.07, 6.45) is 1.02. The number of amides is 1. The van der Waals surface area contributed by atoms with Crippen LogP contribution in [0.2, 0.25) is 0 Å². The van der Waals surface area contributed by atoms with Gasteiger partial charge in [0.2, 0.25) is 5.91 Å². The monoisotopic (exact) mass is 200 g/mol. The molecule has 0 aromatic heterocycles. The van der Waals surface area contributed by atoms with Crippen LogP contribution in [-0.4, -0.2) is 24.5 Å². The Balaban J connectivity index is 3.64. The first-order valence-corrected chi connectivity index (χ1v) is 5.39. The van der Waals surface area contributed by atoms with E-state index < -0.39 is 0 Å². The van der Waals surface area contributed by atoms with Crippen LogP contribution in [0.25, 0.3) is 0 Å². The quantitative estimate of drug-likeness (QED) is 0.683. The zero-order valence-corrected chi connectivity index (χ0v) is 10.1. The van der Waals surface area contributed by atoms with Gasteiger partial charge in [0.05, 0.1) is 6.54 Å². The van der Waals surface area contributed by atoms with Gasteiger partial charge in [-0.2, -0.15) is 0 Å². The van der Waals surface area contributed by atoms with Gasteiger partial charge in [0.1, 0.15) is 0 Å². The molecular formula is C11H24N2O. The number of nitrogens with one attached hydrogen (secondary N) is 2. The zero-order valence-electron chi connectivity index (χ0n) is 10.1. The number of hydrogen-bond acceptors (Lipinski definition) is 2. The molecule has 3 heteroatoms. The van der Waals surface area contributed by atoms with Gasteiger partial charge in [0.25, 0.3) is 0 Å². The van der Waals surface area contributed by atoms with Crippen LogP contribution >= 0.6 is 0 Å². The van der Waals surface area contributed by atoms with Crippen molar-refractivity contribution in [2.45, 2.75) is 46.6 Å². The summed E-state index contributed by atoms with van der Waals surface area (Å²) < 4.78 is 0. The number of hydrogen-bond donors (Lipinski definition) is 2. The Bertz CT molecular complexity index is 176. The van der Waals surface area contributed by atoms with Crippen molar-refractivity contribution < 1.29 is 4.79 Å². The van der Waals surface area contributed by atoms with E-state index in [1.165, 1.54) is 0 Å². The van der Waals surface area contributed by atoms with Gasteiger partial charge in [-0.3, -0.25) is 4.79 Å². The summed E-state index contributed by atoms with van der Waals surface area (Å²) in [6, 6.07) is 0. The Labute approximate surface area is 87.6 Å². The third-order valence-corrected chi connectivity index (χ3v) is 2.32. The lowest BCUT2D eigenvalue weighted by molar-refractivity contribution is -0.120. The van der Waals surface area contributed by atoms with Gasteiger partial charge in [-0.05, 0) is 26.2 Å². The molecule has 0 atom stereocenters. The molecule has 0 saturated carbocycles. The third kappa shape index (κ3) is 6.89. The van der Waals surface area contributed by atoms with Crippen LogP contribution in [0.1, 0.15) is 41.0 Å². The van der Waals surface area contributed by atoms with E-state index in [9.17, 15) is 4.79 Å². The van der Waals surface area contributed by atoms with E-state index >= 15 is 0 Å². The molecule has 0 aliphatic carbocycles. The Hall–Kier alpha value is -0.570. The molecule has 0 spiro atoms. The van der Waals surface area contributed by atoms with Crippen molar-refractivity contribution >= 4 is 5.91 Å². The normalized spacial score (nSPS) is 11.9. The molecule has 0 rings (SSSR count). The van der Waals surface area contributed by atoms with Gasteiger partial charge in [-0.25, -0.2) is 0 Å². The highest BCUT2D eigenvalue weighted by molar-refractivity contribution is 5.78. The molecule has 0 radical (unpaired) electrons. The Kier molecular flexibility index (Phi) is 5.77. The molecule has 1 amide bonds. The molecule has 0 heterocycles. The fourth-order valence-corrected chi connectivity index (χ4v) is 0.825. The summed E-state index contributed by atoms with van der Waals surface area (Å²) in [5, 5.41) is 6.10. The van der Waals surface area contributed by atoms with Gasteiger partial charge in [0.15, 0.2) is 0 Å². The third-order valence-electron chi connectivity index (χ3n) is 2.32. The molecule has 14 heavy (non-hydrogen) atoms. The van der Waals surface area contributed by atoms with Crippen molar-refractivity contribution in [1.82, 2.24) is 10.6 Å². The second kappa shape index (κ2) is 6.02. The van der Waals surface area contributed by atoms with Crippen molar-refractivity contribution in [2.75, 3.05) is 13.1 Å². The van der Waals surface area contributed by atoms with Crippen LogP contribution in [0.3, 0.4) is 0 Å². The smallest absolute Gasteiger partial charge is 0.233 e. The van der Waals surface area contributed by atoms with Crippen molar-refractivity contribution in [3.8, 4) is 0 Å². The summed E-state index contributed by atoms with van der Waals surface area (Å²) in [7, 11) is 0. The minimum absolute atomic E-state index is 0.0508. The van der Waals surface area contributed by atoms with E-state index in [2.05, 4.69) is 45.3 Å². The summed E-state index contributed by atoms with van der Waals surface area (Å²) in [6.45, 7) is 11.7. The van der Waals surface area contributed by atoms with Crippen LogP contribution in [0, 0.1) is 5.92 Å². The maximum Gasteiger partial charge on any atom is 0.233 e. The van der Waals surface area contributed by atoms with E-state index in [-0.39, 0.29) is 11.4 Å². The summed E-state index contributed by atoms with van der Waals surface area (Å²) in [4.78, 5) is 11.3. The van der Waals surface area contributed by atoms with Crippen LogP contribution in [0.4, 0.5) is 0 Å². The van der Waals surface area contributed by atoms with Gasteiger partial charge in [-0.15, -0.1) is 0 Å². The van der Waals surface area contributed by atoms with Crippen molar-refractivity contribution in [3.05, 3.63) is 0 Å². The highest BCUT2D eigenvalue weighted by atomic mass is 16.1. The highest BCUT2D eigenvalue weighted by Crippen LogP contribution is 2.05. The molecule has 0 aromatic rings. The molecule has 0 unspecified atom stereocenters. The predicted octanol–water partition coefficient (Wildman–Crippen LogP) is 1.54. The lowest BCUT2D eigenvalue weighted by Gasteiger charge is -2.24. The predicted molar refractivity (Wildman–Crippen MR) is 60.2 cm³/mol. The van der Waals surface area contributed by atoms with E-state index in [4.69, 9.17) is 0 Å². The van der Waals surface area contributed by atoms with E-state index in [0.717, 1.165) is 13.0 Å². The lowest BCUT2D eigenvalue weighted by atomic mass is 10.0. The molecule has 3 nitrogen and oxygen atoms in total. The molecule has 0 aromatic carbocycles. The summed E-state index contributed by atoms with van der Waals surface area (Å²) in [5.41, 5.74) is 0.0508. The van der Waals surface area contributed by atoms with Gasteiger partial charge >= 0.3 is 0 Å². The molecule has 0 aliphatic rings. The van der Waals surface area contributed by atoms with Gasteiger partial charge < -0.3 is 10.6 Å². The van der Waals surface area contributed by atoms with E-state index in [1.54, 1.807) is 0 Å². The Morgan fingerprint density at radius 2 is 1.93 bits per heavy atom. The van der Waals surface area contributed by atoms with Crippen molar-refractivity contribution in [1.29, 1.82) is 0 Å². The Morgan fingerprint density at radius 1 is 1.36 bits per heavy atom. The maximum atomic E-state index is 11.3. The summed E-state index contributed by atoms with van der Waals surface area (Å²) in [5.74, 6) is 0.596. The number of carbonyl (C=O) groups is 1. The van der Waals surface area contributed by atoms with Gasteiger partial charge in [0, 0.05) is 12.1 Å². The van der Waals surface area contributed by atoms with Crippen LogP contribution in [-0.2, 0) is 4.79 Å². The van der Waals surface area contributed by atoms with Crippen LogP contribution in [0.15, 0.2) is 0 Å². The molecular weight excluding hydrogens is 176 g/mol. The first kappa shape index (κ1) is 13.4. The van der Waals surface area contributed by atoms with Crippen molar-refractivity contribution in [3.63, 3.8) is 0 Å². The standard InChI is InChI=1S/C11H24N2O/c1-6-11(4,5)13-8-10(14)12-7-9(2)3/h9,13H,6-8H2,1-5H3,(H,12,14). The molecule has 0 saturated heterocycles. The first-order chi connectivity index (χ1) is 6.37. The van der Waals surface area contributed by atoms with Crippen LogP contribution < -0.4 is 10.6 Å².